The molecule has 3 nitrogen and oxygen atoms in total. The van der Waals surface area contributed by atoms with E-state index in [9.17, 15) is 25.2 Å². The van der Waals surface area contributed by atoms with Crippen LogP contribution in [0.4, 0.5) is 25.2 Å². The number of unbranched alkanes of at least 4 members (excludes halogenated alkanes) is 5. The van der Waals surface area contributed by atoms with Crippen molar-refractivity contribution >= 4 is 7.81 Å². The summed E-state index contributed by atoms with van der Waals surface area (Å²) >= 11 is 0. The number of ether oxygens (including phenoxy) is 1. The number of nitrogens with zero attached hydrogens (tertiary/aromatic N) is 1. The van der Waals surface area contributed by atoms with Crippen LogP contribution in [0.25, 0.3) is 0 Å². The molecule has 0 unspecified atom stereocenters. The van der Waals surface area contributed by atoms with E-state index >= 15 is 0 Å². The van der Waals surface area contributed by atoms with Crippen LogP contribution >= 0.6 is 7.81 Å². The summed E-state index contributed by atoms with van der Waals surface area (Å²) in [6.45, 7) is 13.0. The predicted molar refractivity (Wildman–Crippen MR) is 95.9 cm³/mol. The topological polar surface area (TPSA) is 29.5 Å². The van der Waals surface area contributed by atoms with Crippen LogP contribution < -0.4 is 0 Å². The van der Waals surface area contributed by atoms with E-state index in [4.69, 9.17) is 9.84 Å². The zero-order chi connectivity index (χ0) is 20.8. The minimum atomic E-state index is -10.7. The molecule has 10 heteroatoms. The molecular formula is C16H36F6NO2P. The Balaban J connectivity index is 0. The van der Waals surface area contributed by atoms with Crippen molar-refractivity contribution < 1.29 is 39.5 Å². The SMILES string of the molecule is CCCCCCCC[N+](CC)(CC)CCOCCO.F[P-](F)(F)(F)(F)F. The van der Waals surface area contributed by atoms with E-state index in [1.807, 2.05) is 0 Å². The molecule has 0 aromatic heterocycles. The van der Waals surface area contributed by atoms with Crippen LogP contribution in [0.15, 0.2) is 0 Å². The average Bonchev–Trinajstić information content (AvgIpc) is 2.50. The van der Waals surface area contributed by atoms with Gasteiger partial charge in [0.1, 0.15) is 6.54 Å². The van der Waals surface area contributed by atoms with E-state index in [0.29, 0.717) is 6.61 Å². The zero-order valence-corrected chi connectivity index (χ0v) is 17.1. The van der Waals surface area contributed by atoms with Crippen LogP contribution in [0.5, 0.6) is 0 Å². The number of likely N-dealkylation sites (N-methyl/N-ethyl adjacent to an activating group) is 1. The zero-order valence-electron chi connectivity index (χ0n) is 16.2. The van der Waals surface area contributed by atoms with E-state index in [1.54, 1.807) is 0 Å². The van der Waals surface area contributed by atoms with Crippen molar-refractivity contribution in [3.05, 3.63) is 0 Å². The fourth-order valence-corrected chi connectivity index (χ4v) is 2.62. The molecule has 1 N–H and O–H groups in total. The standard InChI is InChI=1S/C16H36NO2.F6P/c1-4-7-8-9-10-11-12-17(5-2,6-3)13-15-19-16-14-18;1-7(2,3,4,5)6/h18H,4-16H2,1-3H3;/q+1;-1. The maximum absolute atomic E-state index is 10.7. The summed E-state index contributed by atoms with van der Waals surface area (Å²) in [5.74, 6) is 0. The van der Waals surface area contributed by atoms with Crippen LogP contribution in [0, 0.1) is 0 Å². The van der Waals surface area contributed by atoms with E-state index < -0.39 is 7.81 Å². The number of rotatable bonds is 14. The molecule has 0 saturated carbocycles. The molecule has 0 aromatic carbocycles. The summed E-state index contributed by atoms with van der Waals surface area (Å²) in [6, 6.07) is 0. The molecule has 0 saturated heterocycles. The maximum atomic E-state index is 9.87. The van der Waals surface area contributed by atoms with E-state index in [0.717, 1.165) is 13.2 Å². The molecule has 0 fully saturated rings. The Morgan fingerprint density at radius 1 is 0.731 bits per heavy atom. The number of aliphatic hydroxyl groups excluding tert-OH is 1. The Kier molecular flexibility index (Phi) is 12.6. The van der Waals surface area contributed by atoms with Crippen molar-refractivity contribution in [1.82, 2.24) is 0 Å². The Hall–Kier alpha value is -0.110. The van der Waals surface area contributed by atoms with Crippen LogP contribution in [0.3, 0.4) is 0 Å². The second-order valence-electron chi connectivity index (χ2n) is 6.48. The molecule has 0 aliphatic carbocycles. The second kappa shape index (κ2) is 11.7. The fraction of sp³-hybridized carbons (Fsp3) is 1.00. The van der Waals surface area contributed by atoms with E-state index in [2.05, 4.69) is 20.8 Å². The summed E-state index contributed by atoms with van der Waals surface area (Å²) in [5.41, 5.74) is 0. The van der Waals surface area contributed by atoms with Crippen molar-refractivity contribution in [2.75, 3.05) is 46.0 Å². The molecule has 0 rings (SSSR count). The Morgan fingerprint density at radius 3 is 1.62 bits per heavy atom. The summed E-state index contributed by atoms with van der Waals surface area (Å²) in [6.07, 6.45) is 8.21. The van der Waals surface area contributed by atoms with Crippen LogP contribution in [0.1, 0.15) is 59.3 Å². The molecule has 0 spiro atoms. The third kappa shape index (κ3) is 26.1. The normalized spacial score (nSPS) is 15.0. The first-order chi connectivity index (χ1) is 11.7. The quantitative estimate of drug-likeness (QED) is 0.149. The van der Waals surface area contributed by atoms with Gasteiger partial charge in [0.2, 0.25) is 0 Å². The number of halogens is 6. The first-order valence-corrected chi connectivity index (χ1v) is 11.3. The number of hydrogen-bond donors (Lipinski definition) is 1. The average molecular weight is 419 g/mol. The molecule has 0 aromatic rings. The van der Waals surface area contributed by atoms with Gasteiger partial charge < -0.3 is 14.3 Å². The van der Waals surface area contributed by atoms with Gasteiger partial charge in [-0.15, -0.1) is 0 Å². The van der Waals surface area contributed by atoms with Crippen LogP contribution in [-0.4, -0.2) is 55.6 Å². The molecule has 0 atom stereocenters. The molecule has 0 bridgehead atoms. The summed E-state index contributed by atoms with van der Waals surface area (Å²) < 4.78 is 65.8. The molecule has 0 radical (unpaired) electrons. The van der Waals surface area contributed by atoms with Crippen molar-refractivity contribution in [1.29, 1.82) is 0 Å². The van der Waals surface area contributed by atoms with Gasteiger partial charge in [0.05, 0.1) is 39.5 Å². The second-order valence-corrected chi connectivity index (χ2v) is 8.40. The van der Waals surface area contributed by atoms with Gasteiger partial charge in [-0.2, -0.15) is 0 Å². The van der Waals surface area contributed by atoms with Gasteiger partial charge in [-0.05, 0) is 26.7 Å². The van der Waals surface area contributed by atoms with Gasteiger partial charge in [-0.25, -0.2) is 0 Å². The summed E-state index contributed by atoms with van der Waals surface area (Å²) in [5, 5.41) is 8.72. The summed E-state index contributed by atoms with van der Waals surface area (Å²) in [7, 11) is -10.7. The number of quaternary nitrogens is 1. The van der Waals surface area contributed by atoms with Gasteiger partial charge in [0, 0.05) is 0 Å². The van der Waals surface area contributed by atoms with Gasteiger partial charge >= 0.3 is 33.0 Å². The van der Waals surface area contributed by atoms with Gasteiger partial charge in [-0.3, -0.25) is 0 Å². The molecule has 0 amide bonds. The van der Waals surface area contributed by atoms with Crippen LogP contribution in [-0.2, 0) is 4.74 Å². The van der Waals surface area contributed by atoms with Crippen molar-refractivity contribution in [2.24, 2.45) is 0 Å². The van der Waals surface area contributed by atoms with Crippen molar-refractivity contribution in [3.8, 4) is 0 Å². The third-order valence-electron chi connectivity index (χ3n) is 4.27. The molecule has 26 heavy (non-hydrogen) atoms. The molecule has 0 heterocycles. The third-order valence-corrected chi connectivity index (χ3v) is 4.27. The van der Waals surface area contributed by atoms with Gasteiger partial charge in [-0.1, -0.05) is 32.6 Å². The number of aliphatic hydroxyl groups is 1. The Bertz CT molecular complexity index is 335. The van der Waals surface area contributed by atoms with Crippen LogP contribution in [0.2, 0.25) is 0 Å². The van der Waals surface area contributed by atoms with Crippen molar-refractivity contribution in [3.63, 3.8) is 0 Å². The minimum absolute atomic E-state index is 0.135. The van der Waals surface area contributed by atoms with Crippen molar-refractivity contribution in [2.45, 2.75) is 59.3 Å². The predicted octanol–water partition coefficient (Wildman–Crippen LogP) is 6.59. The Morgan fingerprint density at radius 2 is 1.19 bits per heavy atom. The van der Waals surface area contributed by atoms with E-state index in [-0.39, 0.29) is 6.61 Å². The molecule has 0 aliphatic rings. The first-order valence-electron chi connectivity index (χ1n) is 9.29. The monoisotopic (exact) mass is 419 g/mol. The van der Waals surface area contributed by atoms with E-state index in [1.165, 1.54) is 62.6 Å². The van der Waals surface area contributed by atoms with Gasteiger partial charge in [0.15, 0.2) is 0 Å². The van der Waals surface area contributed by atoms with Gasteiger partial charge in [0.25, 0.3) is 0 Å². The number of hydrogen-bond acceptors (Lipinski definition) is 2. The summed E-state index contributed by atoms with van der Waals surface area (Å²) in [4.78, 5) is 0. The molecular weight excluding hydrogens is 383 g/mol. The first kappa shape index (κ1) is 28.1. The molecule has 164 valence electrons. The molecule has 0 aliphatic heterocycles. The Labute approximate surface area is 153 Å². The fourth-order valence-electron chi connectivity index (χ4n) is 2.62.